The molecule has 0 radical (unpaired) electrons. The Balaban J connectivity index is 0.00000625. The van der Waals surface area contributed by atoms with Gasteiger partial charge in [0.25, 0.3) is 0 Å². The molecule has 0 bridgehead atoms. The summed E-state index contributed by atoms with van der Waals surface area (Å²) in [5.41, 5.74) is -1.05. The Kier molecular flexibility index (Phi) is 12.5. The molecule has 5 nitrogen and oxygen atoms in total. The Hall–Kier alpha value is -1.14. The predicted molar refractivity (Wildman–Crippen MR) is 102 cm³/mol. The Morgan fingerprint density at radius 1 is 1.15 bits per heavy atom. The number of rotatable bonds is 9. The van der Waals surface area contributed by atoms with Crippen molar-refractivity contribution in [2.75, 3.05) is 40.5 Å². The van der Waals surface area contributed by atoms with E-state index in [1.807, 2.05) is 0 Å². The highest BCUT2D eigenvalue weighted by Crippen LogP contribution is 2.32. The van der Waals surface area contributed by atoms with E-state index in [2.05, 4.69) is 15.6 Å². The van der Waals surface area contributed by atoms with Crippen LogP contribution in [-0.4, -0.2) is 46.5 Å². The van der Waals surface area contributed by atoms with Gasteiger partial charge in [0.05, 0.1) is 18.8 Å². The molecule has 1 aromatic carbocycles. The molecule has 10 heteroatoms. The van der Waals surface area contributed by atoms with Crippen LogP contribution >= 0.6 is 24.0 Å². The van der Waals surface area contributed by atoms with Crippen LogP contribution in [0.15, 0.2) is 23.2 Å². The Bertz CT molecular complexity index is 557. The van der Waals surface area contributed by atoms with Crippen molar-refractivity contribution < 1.29 is 27.0 Å². The van der Waals surface area contributed by atoms with Crippen molar-refractivity contribution in [3.8, 4) is 0 Å². The van der Waals surface area contributed by atoms with Gasteiger partial charge in [-0.1, -0.05) is 6.07 Å². The van der Waals surface area contributed by atoms with Crippen LogP contribution in [0.2, 0.25) is 0 Å². The van der Waals surface area contributed by atoms with Gasteiger partial charge in [0.2, 0.25) is 0 Å². The molecular weight excluding hydrogens is 469 g/mol. The molecule has 0 amide bonds. The molecule has 0 aromatic heterocycles. The molecule has 0 atom stereocenters. The lowest BCUT2D eigenvalue weighted by atomic mass is 10.1. The highest BCUT2D eigenvalue weighted by Gasteiger charge is 2.33. The van der Waals surface area contributed by atoms with Crippen molar-refractivity contribution in [3.63, 3.8) is 0 Å². The molecule has 0 aliphatic rings. The molecule has 0 aliphatic carbocycles. The van der Waals surface area contributed by atoms with E-state index in [-0.39, 0.29) is 36.1 Å². The van der Waals surface area contributed by atoms with Gasteiger partial charge in [-0.05, 0) is 24.1 Å². The second-order valence-electron chi connectivity index (χ2n) is 5.11. The third kappa shape index (κ3) is 9.53. The van der Waals surface area contributed by atoms with Gasteiger partial charge in [-0.2, -0.15) is 13.2 Å². The highest BCUT2D eigenvalue weighted by molar-refractivity contribution is 14.0. The van der Waals surface area contributed by atoms with E-state index in [1.54, 1.807) is 7.11 Å². The molecule has 0 saturated carbocycles. The van der Waals surface area contributed by atoms with Crippen LogP contribution in [0.25, 0.3) is 0 Å². The van der Waals surface area contributed by atoms with Gasteiger partial charge in [-0.25, -0.2) is 4.39 Å². The molecule has 1 rings (SSSR count). The number of ether oxygens (including phenoxy) is 2. The first-order chi connectivity index (χ1) is 11.9. The summed E-state index contributed by atoms with van der Waals surface area (Å²) >= 11 is 0. The van der Waals surface area contributed by atoms with Gasteiger partial charge in [-0.15, -0.1) is 24.0 Å². The lowest BCUT2D eigenvalue weighted by molar-refractivity contribution is -0.138. The zero-order chi connectivity index (χ0) is 18.7. The summed E-state index contributed by atoms with van der Waals surface area (Å²) in [4.78, 5) is 3.94. The van der Waals surface area contributed by atoms with E-state index < -0.39 is 17.6 Å². The summed E-state index contributed by atoms with van der Waals surface area (Å²) in [6.07, 6.45) is -3.91. The minimum atomic E-state index is -4.62. The second kappa shape index (κ2) is 13.1. The van der Waals surface area contributed by atoms with Gasteiger partial charge in [0.1, 0.15) is 5.82 Å². The van der Waals surface area contributed by atoms with Crippen molar-refractivity contribution >= 4 is 29.9 Å². The van der Waals surface area contributed by atoms with E-state index in [1.165, 1.54) is 7.05 Å². The van der Waals surface area contributed by atoms with Crippen LogP contribution in [-0.2, 0) is 22.2 Å². The molecule has 1 aromatic rings. The Morgan fingerprint density at radius 2 is 1.88 bits per heavy atom. The number of benzene rings is 1. The van der Waals surface area contributed by atoms with Crippen molar-refractivity contribution in [2.45, 2.75) is 19.1 Å². The summed E-state index contributed by atoms with van der Waals surface area (Å²) in [7, 11) is 3.10. The monoisotopic (exact) mass is 493 g/mol. The van der Waals surface area contributed by atoms with Gasteiger partial charge < -0.3 is 20.1 Å². The highest BCUT2D eigenvalue weighted by atomic mass is 127. The number of hydrogen-bond donors (Lipinski definition) is 2. The summed E-state index contributed by atoms with van der Waals surface area (Å²) in [5.74, 6) is -0.568. The number of halogens is 5. The van der Waals surface area contributed by atoms with Crippen LogP contribution in [0.1, 0.15) is 17.5 Å². The second-order valence-corrected chi connectivity index (χ2v) is 5.11. The lowest BCUT2D eigenvalue weighted by Gasteiger charge is -2.16. The minimum absolute atomic E-state index is 0. The first-order valence-corrected chi connectivity index (χ1v) is 7.75. The Labute approximate surface area is 167 Å². The minimum Gasteiger partial charge on any atom is -0.382 e. The third-order valence-electron chi connectivity index (χ3n) is 3.24. The van der Waals surface area contributed by atoms with Gasteiger partial charge in [-0.3, -0.25) is 4.99 Å². The van der Waals surface area contributed by atoms with Crippen molar-refractivity contribution in [1.29, 1.82) is 0 Å². The fourth-order valence-electron chi connectivity index (χ4n) is 1.99. The largest absolute Gasteiger partial charge is 0.416 e. The van der Waals surface area contributed by atoms with E-state index in [0.717, 1.165) is 12.1 Å². The maximum absolute atomic E-state index is 13.1. The number of guanidine groups is 1. The molecule has 0 fully saturated rings. The standard InChI is InChI=1S/C16H23F4N3O2.HI/c1-21-15(22-6-3-7-25-9-8-24-2)23-11-12-4-5-13(17)10-14(12)16(18,19)20;/h4-5,10H,3,6-9,11H2,1-2H3,(H2,21,22,23);1H. The molecule has 0 spiro atoms. The average Bonchev–Trinajstić information content (AvgIpc) is 2.56. The maximum atomic E-state index is 13.1. The van der Waals surface area contributed by atoms with E-state index in [4.69, 9.17) is 9.47 Å². The normalized spacial score (nSPS) is 11.8. The molecule has 2 N–H and O–H groups in total. The van der Waals surface area contributed by atoms with Crippen LogP contribution in [0.3, 0.4) is 0 Å². The smallest absolute Gasteiger partial charge is 0.382 e. The first-order valence-electron chi connectivity index (χ1n) is 7.75. The fourth-order valence-corrected chi connectivity index (χ4v) is 1.99. The number of hydrogen-bond acceptors (Lipinski definition) is 3. The Morgan fingerprint density at radius 3 is 2.50 bits per heavy atom. The summed E-state index contributed by atoms with van der Waals surface area (Å²) < 4.78 is 62.1. The lowest BCUT2D eigenvalue weighted by Crippen LogP contribution is -2.38. The van der Waals surface area contributed by atoms with Gasteiger partial charge in [0.15, 0.2) is 5.96 Å². The summed E-state index contributed by atoms with van der Waals surface area (Å²) in [6, 6.07) is 2.60. The first kappa shape index (κ1) is 24.9. The van der Waals surface area contributed by atoms with Crippen LogP contribution in [0.4, 0.5) is 17.6 Å². The van der Waals surface area contributed by atoms with Crippen molar-refractivity contribution in [1.82, 2.24) is 10.6 Å². The average molecular weight is 493 g/mol. The maximum Gasteiger partial charge on any atom is 0.416 e. The zero-order valence-electron chi connectivity index (χ0n) is 14.7. The zero-order valence-corrected chi connectivity index (χ0v) is 17.0. The topological polar surface area (TPSA) is 54.9 Å². The number of aliphatic imine (C=N–C) groups is 1. The quantitative estimate of drug-likeness (QED) is 0.183. The molecule has 150 valence electrons. The molecule has 26 heavy (non-hydrogen) atoms. The van der Waals surface area contributed by atoms with Crippen molar-refractivity contribution in [2.24, 2.45) is 4.99 Å². The van der Waals surface area contributed by atoms with Crippen molar-refractivity contribution in [3.05, 3.63) is 35.1 Å². The SMILES string of the molecule is CN=C(NCCCOCCOC)NCc1ccc(F)cc1C(F)(F)F.I. The third-order valence-corrected chi connectivity index (χ3v) is 3.24. The van der Waals surface area contributed by atoms with E-state index in [0.29, 0.717) is 44.8 Å². The van der Waals surface area contributed by atoms with E-state index in [9.17, 15) is 17.6 Å². The summed E-state index contributed by atoms with van der Waals surface area (Å²) in [6.45, 7) is 1.98. The number of alkyl halides is 3. The van der Waals surface area contributed by atoms with Crippen LogP contribution in [0.5, 0.6) is 0 Å². The molecule has 0 unspecified atom stereocenters. The molecular formula is C16H24F4IN3O2. The number of nitrogens with one attached hydrogen (secondary N) is 2. The molecule has 0 heterocycles. The van der Waals surface area contributed by atoms with E-state index >= 15 is 0 Å². The summed E-state index contributed by atoms with van der Waals surface area (Å²) in [5, 5.41) is 5.76. The van der Waals surface area contributed by atoms with Gasteiger partial charge in [0, 0.05) is 33.9 Å². The fraction of sp³-hybridized carbons (Fsp3) is 0.562. The predicted octanol–water partition coefficient (Wildman–Crippen LogP) is 3.18. The molecule has 0 aliphatic heterocycles. The molecule has 0 saturated heterocycles. The number of methoxy groups -OCH3 is 1. The van der Waals surface area contributed by atoms with Gasteiger partial charge >= 0.3 is 6.18 Å². The number of nitrogens with zero attached hydrogens (tertiary/aromatic N) is 1. The van der Waals surface area contributed by atoms with Crippen LogP contribution < -0.4 is 10.6 Å². The van der Waals surface area contributed by atoms with Crippen LogP contribution in [0, 0.1) is 5.82 Å².